The van der Waals surface area contributed by atoms with Gasteiger partial charge < -0.3 is 18.9 Å². The number of esters is 2. The fraction of sp³-hybridized carbons (Fsp3) is 0.667. The van der Waals surface area contributed by atoms with Crippen LogP contribution in [0.2, 0.25) is 0 Å². The van der Waals surface area contributed by atoms with Gasteiger partial charge in [0, 0.05) is 18.2 Å². The number of hydrogen-bond donors (Lipinski definition) is 0. The largest absolute Gasteiger partial charge is 0.573 e. The Morgan fingerprint density at radius 1 is 0.491 bits per heavy atom. The molecule has 0 aromatic heterocycles. The minimum atomic E-state index is -5.23. The molecule has 0 spiro atoms. The standard InChI is InChI=1S/C21H25F5O3.C21H26F4O3/c1-12-2-4-13(5-3-12)14-6-8-15(9-7-14)20(27)28-16-10-17(22)19(18(23)11-16)29-21(24,25)26;1-13-2-4-14(5-3-13)15-6-8-16(9-7-15)20(26)27-17-10-11-19(18(22)12-17)28-21(23,24)25/h10-15H,2-9H2,1H3;10-16H,2-9H2,1H3. The molecule has 0 saturated heterocycles. The quantitative estimate of drug-likeness (QED) is 0.150. The first-order valence-corrected chi connectivity index (χ1v) is 20.1. The summed E-state index contributed by atoms with van der Waals surface area (Å²) in [6.45, 7) is 4.57. The van der Waals surface area contributed by atoms with Gasteiger partial charge >= 0.3 is 24.7 Å². The molecule has 2 aromatic carbocycles. The molecule has 4 aliphatic carbocycles. The smallest absolute Gasteiger partial charge is 0.426 e. The summed E-state index contributed by atoms with van der Waals surface area (Å²) in [7, 11) is 0. The lowest BCUT2D eigenvalue weighted by atomic mass is 9.69. The van der Waals surface area contributed by atoms with Crippen LogP contribution in [0.3, 0.4) is 0 Å². The van der Waals surface area contributed by atoms with Gasteiger partial charge in [0.15, 0.2) is 23.2 Å². The molecule has 6 rings (SSSR count). The van der Waals surface area contributed by atoms with Gasteiger partial charge in [-0.2, -0.15) is 0 Å². The van der Waals surface area contributed by atoms with E-state index in [9.17, 15) is 49.1 Å². The lowest BCUT2D eigenvalue weighted by Gasteiger charge is -2.36. The topological polar surface area (TPSA) is 71.1 Å². The van der Waals surface area contributed by atoms with Crippen LogP contribution in [0.25, 0.3) is 0 Å². The molecule has 0 heterocycles. The van der Waals surface area contributed by atoms with E-state index in [0.29, 0.717) is 42.7 Å². The maximum Gasteiger partial charge on any atom is 0.573 e. The highest BCUT2D eigenvalue weighted by atomic mass is 19.4. The summed E-state index contributed by atoms with van der Waals surface area (Å²) in [6, 6.07) is 3.71. The SMILES string of the molecule is CC1CCC(C2CCC(C(=O)Oc3cc(F)c(OC(F)(F)F)c(F)c3)CC2)CC1.CC1CCC(C2CCC(C(=O)Oc3ccc(OC(F)(F)F)c(F)c3)CC2)CC1. The maximum atomic E-state index is 13.8. The van der Waals surface area contributed by atoms with Crippen molar-refractivity contribution >= 4 is 11.9 Å². The Morgan fingerprint density at radius 3 is 1.21 bits per heavy atom. The Labute approximate surface area is 327 Å². The molecule has 4 aliphatic rings. The van der Waals surface area contributed by atoms with Crippen LogP contribution in [0.5, 0.6) is 23.0 Å². The van der Waals surface area contributed by atoms with Crippen molar-refractivity contribution in [3.63, 3.8) is 0 Å². The van der Waals surface area contributed by atoms with Gasteiger partial charge in [0.25, 0.3) is 0 Å². The van der Waals surface area contributed by atoms with E-state index in [1.807, 2.05) is 0 Å². The highest BCUT2D eigenvalue weighted by Crippen LogP contribution is 2.43. The molecule has 0 aliphatic heterocycles. The summed E-state index contributed by atoms with van der Waals surface area (Å²) in [5, 5.41) is 0. The number of halogens is 9. The second kappa shape index (κ2) is 19.4. The van der Waals surface area contributed by atoms with Crippen LogP contribution in [0.1, 0.15) is 117 Å². The molecule has 0 N–H and O–H groups in total. The minimum absolute atomic E-state index is 0.111. The Morgan fingerprint density at radius 2 is 0.842 bits per heavy atom. The molecule has 0 bridgehead atoms. The Balaban J connectivity index is 0.000000218. The molecule has 4 fully saturated rings. The zero-order valence-electron chi connectivity index (χ0n) is 32.2. The van der Waals surface area contributed by atoms with E-state index in [-0.39, 0.29) is 17.6 Å². The monoisotopic (exact) mass is 822 g/mol. The molecule has 0 amide bonds. The first kappa shape index (κ1) is 44.5. The van der Waals surface area contributed by atoms with Gasteiger partial charge in [0.05, 0.1) is 11.8 Å². The van der Waals surface area contributed by atoms with Gasteiger partial charge in [-0.05, 0) is 125 Å². The Bertz CT molecular complexity index is 1610. The second-order valence-corrected chi connectivity index (χ2v) is 16.5. The number of carbonyl (C=O) groups excluding carboxylic acids is 2. The zero-order valence-corrected chi connectivity index (χ0v) is 32.2. The van der Waals surface area contributed by atoms with Crippen LogP contribution in [0.4, 0.5) is 39.5 Å². The van der Waals surface area contributed by atoms with Gasteiger partial charge in [0.2, 0.25) is 5.75 Å². The third-order valence-corrected chi connectivity index (χ3v) is 12.4. The van der Waals surface area contributed by atoms with E-state index in [1.165, 1.54) is 51.4 Å². The third-order valence-electron chi connectivity index (χ3n) is 12.4. The van der Waals surface area contributed by atoms with E-state index in [4.69, 9.17) is 9.47 Å². The lowest BCUT2D eigenvalue weighted by Crippen LogP contribution is -2.30. The Hall–Kier alpha value is -3.65. The number of carbonyl (C=O) groups is 2. The first-order valence-electron chi connectivity index (χ1n) is 20.1. The van der Waals surface area contributed by atoms with Crippen molar-refractivity contribution in [3.8, 4) is 23.0 Å². The van der Waals surface area contributed by atoms with Crippen LogP contribution in [0, 0.1) is 64.8 Å². The zero-order chi connectivity index (χ0) is 41.5. The predicted molar refractivity (Wildman–Crippen MR) is 191 cm³/mol. The number of ether oxygens (including phenoxy) is 4. The van der Waals surface area contributed by atoms with Gasteiger partial charge in [0.1, 0.15) is 11.5 Å². The lowest BCUT2D eigenvalue weighted by molar-refractivity contribution is -0.277. The highest BCUT2D eigenvalue weighted by Gasteiger charge is 2.37. The summed E-state index contributed by atoms with van der Waals surface area (Å²) in [5.74, 6) is -4.84. The number of benzene rings is 2. The van der Waals surface area contributed by atoms with E-state index in [2.05, 4.69) is 23.3 Å². The summed E-state index contributed by atoms with van der Waals surface area (Å²) < 4.78 is 132. The van der Waals surface area contributed by atoms with Gasteiger partial charge in [-0.1, -0.05) is 39.5 Å². The van der Waals surface area contributed by atoms with Crippen LogP contribution in [-0.2, 0) is 9.59 Å². The second-order valence-electron chi connectivity index (χ2n) is 16.5. The molecule has 4 saturated carbocycles. The summed E-state index contributed by atoms with van der Waals surface area (Å²) in [6.07, 6.45) is 6.46. The number of alkyl halides is 6. The van der Waals surface area contributed by atoms with Crippen molar-refractivity contribution in [1.82, 2.24) is 0 Å². The molecular formula is C42H51F9O6. The fourth-order valence-corrected chi connectivity index (χ4v) is 9.13. The number of hydrogen-bond acceptors (Lipinski definition) is 6. The van der Waals surface area contributed by atoms with Crippen molar-refractivity contribution in [2.45, 2.75) is 129 Å². The summed E-state index contributed by atoms with van der Waals surface area (Å²) >= 11 is 0. The molecule has 2 aromatic rings. The minimum Gasteiger partial charge on any atom is -0.426 e. The van der Waals surface area contributed by atoms with E-state index < -0.39 is 59.4 Å². The van der Waals surface area contributed by atoms with Crippen molar-refractivity contribution in [1.29, 1.82) is 0 Å². The third kappa shape index (κ3) is 13.4. The average Bonchev–Trinajstić information content (AvgIpc) is 3.14. The van der Waals surface area contributed by atoms with Crippen molar-refractivity contribution in [3.05, 3.63) is 47.8 Å². The van der Waals surface area contributed by atoms with E-state index in [1.54, 1.807) is 0 Å². The molecule has 0 radical (unpaired) electrons. The molecule has 318 valence electrons. The molecule has 15 heteroatoms. The molecule has 57 heavy (non-hydrogen) atoms. The normalized spacial score (nSPS) is 28.3. The van der Waals surface area contributed by atoms with Crippen LogP contribution >= 0.6 is 0 Å². The van der Waals surface area contributed by atoms with Gasteiger partial charge in [-0.15, -0.1) is 26.3 Å². The fourth-order valence-electron chi connectivity index (χ4n) is 9.13. The highest BCUT2D eigenvalue weighted by molar-refractivity contribution is 5.75. The van der Waals surface area contributed by atoms with Crippen LogP contribution < -0.4 is 18.9 Å². The molecule has 0 atom stereocenters. The van der Waals surface area contributed by atoms with Gasteiger partial charge in [-0.3, -0.25) is 9.59 Å². The summed E-state index contributed by atoms with van der Waals surface area (Å²) in [4.78, 5) is 24.7. The Kier molecular flexibility index (Phi) is 15.1. The van der Waals surface area contributed by atoms with Crippen LogP contribution in [-0.4, -0.2) is 24.7 Å². The molecule has 6 nitrogen and oxygen atoms in total. The first-order chi connectivity index (χ1) is 26.8. The number of rotatable bonds is 8. The van der Waals surface area contributed by atoms with Crippen molar-refractivity contribution < 1.29 is 68.1 Å². The molecule has 0 unspecified atom stereocenters. The van der Waals surface area contributed by atoms with Crippen molar-refractivity contribution in [2.24, 2.45) is 47.3 Å². The van der Waals surface area contributed by atoms with Crippen molar-refractivity contribution in [2.75, 3.05) is 0 Å². The van der Waals surface area contributed by atoms with E-state index >= 15 is 0 Å². The molecular weight excluding hydrogens is 771 g/mol. The van der Waals surface area contributed by atoms with E-state index in [0.717, 1.165) is 74.5 Å². The summed E-state index contributed by atoms with van der Waals surface area (Å²) in [5.41, 5.74) is 0. The maximum absolute atomic E-state index is 13.8. The predicted octanol–water partition coefficient (Wildman–Crippen LogP) is 12.7. The van der Waals surface area contributed by atoms with Gasteiger partial charge in [-0.25, -0.2) is 13.2 Å². The van der Waals surface area contributed by atoms with Crippen LogP contribution in [0.15, 0.2) is 30.3 Å². The average molecular weight is 823 g/mol.